The molecule has 1 N–H and O–H groups in total. The van der Waals surface area contributed by atoms with Crippen molar-refractivity contribution < 1.29 is 9.32 Å². The maximum atomic E-state index is 13.0. The van der Waals surface area contributed by atoms with Crippen LogP contribution in [0.25, 0.3) is 22.6 Å². The van der Waals surface area contributed by atoms with Gasteiger partial charge in [0.2, 0.25) is 0 Å². The summed E-state index contributed by atoms with van der Waals surface area (Å²) in [4.78, 5) is 22.7. The Bertz CT molecular complexity index is 1160. The Balaban J connectivity index is 1.49. The maximum absolute atomic E-state index is 13.0. The molecule has 9 heteroatoms. The van der Waals surface area contributed by atoms with Crippen LogP contribution >= 0.6 is 11.8 Å². The van der Waals surface area contributed by atoms with Gasteiger partial charge in [0.15, 0.2) is 22.9 Å². The van der Waals surface area contributed by atoms with Crippen LogP contribution < -0.4 is 5.32 Å². The van der Waals surface area contributed by atoms with Crippen LogP contribution in [-0.2, 0) is 16.6 Å². The molecule has 3 aromatic rings. The second-order valence-electron chi connectivity index (χ2n) is 8.93. The van der Waals surface area contributed by atoms with Crippen molar-refractivity contribution in [3.63, 3.8) is 0 Å². The molecule has 3 aliphatic rings. The van der Waals surface area contributed by atoms with E-state index in [-0.39, 0.29) is 0 Å². The number of Topliss-reactive ketones (excluding diaryl/α,β-unsaturated/α-hetero) is 1. The Morgan fingerprint density at radius 3 is 2.94 bits per heavy atom. The van der Waals surface area contributed by atoms with Crippen LogP contribution in [0.5, 0.6) is 0 Å². The zero-order valence-corrected chi connectivity index (χ0v) is 18.5. The third-order valence-corrected chi connectivity index (χ3v) is 7.95. The van der Waals surface area contributed by atoms with Gasteiger partial charge in [-0.2, -0.15) is 5.10 Å². The fraction of sp³-hybridized carbons (Fsp3) is 0.591. The molecular formula is C22H26N6O2S. The molecule has 1 saturated carbocycles. The van der Waals surface area contributed by atoms with E-state index >= 15 is 0 Å². The molecule has 1 spiro atoms. The van der Waals surface area contributed by atoms with E-state index in [1.54, 1.807) is 11.8 Å². The predicted molar refractivity (Wildman–Crippen MR) is 117 cm³/mol. The van der Waals surface area contributed by atoms with Crippen LogP contribution in [0, 0.1) is 0 Å². The molecular weight excluding hydrogens is 412 g/mol. The Hall–Kier alpha value is -2.26. The highest BCUT2D eigenvalue weighted by molar-refractivity contribution is 7.98. The Morgan fingerprint density at radius 1 is 1.23 bits per heavy atom. The highest BCUT2D eigenvalue weighted by Crippen LogP contribution is 2.47. The summed E-state index contributed by atoms with van der Waals surface area (Å²) >= 11 is 1.59. The number of fused-ring (bicyclic) bond motifs is 3. The van der Waals surface area contributed by atoms with Crippen molar-refractivity contribution in [3.05, 3.63) is 17.5 Å². The number of carbonyl (C=O) groups excluding carboxylic acids is 1. The molecule has 2 atom stereocenters. The van der Waals surface area contributed by atoms with Crippen molar-refractivity contribution in [2.75, 3.05) is 19.3 Å². The van der Waals surface area contributed by atoms with Gasteiger partial charge in [0, 0.05) is 18.5 Å². The number of nitrogens with one attached hydrogen (secondary N) is 1. The fourth-order valence-electron chi connectivity index (χ4n) is 5.65. The monoisotopic (exact) mass is 438 g/mol. The molecule has 6 rings (SSSR count). The molecule has 8 nitrogen and oxygen atoms in total. The summed E-state index contributed by atoms with van der Waals surface area (Å²) in [6.07, 6.45) is 11.2. The highest BCUT2D eigenvalue weighted by atomic mass is 32.2. The molecule has 4 heterocycles. The SMILES string of the molecule is CSc1nc(-c2noc3c2CCC[C@@]32CCCCC2=O)nc2c1cnn2[C@H]1CCNC1. The highest BCUT2D eigenvalue weighted by Gasteiger charge is 2.48. The van der Waals surface area contributed by atoms with Gasteiger partial charge in [0.05, 0.1) is 23.0 Å². The summed E-state index contributed by atoms with van der Waals surface area (Å²) in [5.41, 5.74) is 2.09. The molecule has 0 radical (unpaired) electrons. The lowest BCUT2D eigenvalue weighted by Gasteiger charge is -2.36. The van der Waals surface area contributed by atoms with E-state index < -0.39 is 5.41 Å². The van der Waals surface area contributed by atoms with Crippen molar-refractivity contribution >= 4 is 28.6 Å². The van der Waals surface area contributed by atoms with Crippen LogP contribution in [-0.4, -0.2) is 50.0 Å². The molecule has 0 bridgehead atoms. The molecule has 1 aliphatic heterocycles. The molecule has 0 amide bonds. The van der Waals surface area contributed by atoms with Crippen LogP contribution in [0.15, 0.2) is 15.7 Å². The number of rotatable bonds is 3. The Kier molecular flexibility index (Phi) is 4.64. The zero-order valence-electron chi connectivity index (χ0n) is 17.7. The van der Waals surface area contributed by atoms with Gasteiger partial charge in [-0.05, 0) is 51.3 Å². The van der Waals surface area contributed by atoms with Gasteiger partial charge in [-0.15, -0.1) is 11.8 Å². The van der Waals surface area contributed by atoms with Gasteiger partial charge < -0.3 is 9.84 Å². The number of ketones is 1. The normalized spacial score (nSPS) is 26.1. The van der Waals surface area contributed by atoms with Gasteiger partial charge in [-0.1, -0.05) is 11.6 Å². The molecule has 3 aromatic heterocycles. The second kappa shape index (κ2) is 7.41. The molecule has 2 fully saturated rings. The van der Waals surface area contributed by atoms with E-state index in [0.29, 0.717) is 29.8 Å². The molecule has 2 aliphatic carbocycles. The van der Waals surface area contributed by atoms with Crippen LogP contribution in [0.3, 0.4) is 0 Å². The first-order valence-electron chi connectivity index (χ1n) is 11.2. The molecule has 0 unspecified atom stereocenters. The summed E-state index contributed by atoms with van der Waals surface area (Å²) in [7, 11) is 0. The first kappa shape index (κ1) is 19.4. The number of hydrogen-bond donors (Lipinski definition) is 1. The molecule has 1 saturated heterocycles. The summed E-state index contributed by atoms with van der Waals surface area (Å²) in [5, 5.41) is 14.4. The van der Waals surface area contributed by atoms with E-state index in [1.165, 1.54) is 0 Å². The topological polar surface area (TPSA) is 98.7 Å². The maximum Gasteiger partial charge on any atom is 0.185 e. The van der Waals surface area contributed by atoms with Crippen molar-refractivity contribution in [1.82, 2.24) is 30.2 Å². The van der Waals surface area contributed by atoms with Gasteiger partial charge in [0.25, 0.3) is 0 Å². The third-order valence-electron chi connectivity index (χ3n) is 7.25. The van der Waals surface area contributed by atoms with Gasteiger partial charge in [-0.25, -0.2) is 14.6 Å². The Labute approximate surface area is 184 Å². The average Bonchev–Trinajstić information content (AvgIpc) is 3.54. The smallest absolute Gasteiger partial charge is 0.185 e. The third kappa shape index (κ3) is 2.89. The van der Waals surface area contributed by atoms with Crippen molar-refractivity contribution in [1.29, 1.82) is 0 Å². The minimum absolute atomic E-state index is 0.296. The lowest BCUT2D eigenvalue weighted by atomic mass is 9.64. The van der Waals surface area contributed by atoms with Crippen molar-refractivity contribution in [2.45, 2.75) is 67.8 Å². The number of aromatic nitrogens is 5. The van der Waals surface area contributed by atoms with Crippen molar-refractivity contribution in [3.8, 4) is 11.5 Å². The summed E-state index contributed by atoms with van der Waals surface area (Å²) in [5.74, 6) is 1.67. The van der Waals surface area contributed by atoms with E-state index in [9.17, 15) is 4.79 Å². The largest absolute Gasteiger partial charge is 0.359 e. The lowest BCUT2D eigenvalue weighted by Crippen LogP contribution is -2.41. The van der Waals surface area contributed by atoms with Gasteiger partial charge >= 0.3 is 0 Å². The Morgan fingerprint density at radius 2 is 2.13 bits per heavy atom. The quantitative estimate of drug-likeness (QED) is 0.490. The van der Waals surface area contributed by atoms with Gasteiger partial charge in [-0.3, -0.25) is 4.79 Å². The molecule has 162 valence electrons. The van der Waals surface area contributed by atoms with Gasteiger partial charge in [0.1, 0.15) is 10.8 Å². The number of nitrogens with zero attached hydrogens (tertiary/aromatic N) is 5. The minimum Gasteiger partial charge on any atom is -0.359 e. The first-order chi connectivity index (χ1) is 15.2. The van der Waals surface area contributed by atoms with Crippen LogP contribution in [0.1, 0.15) is 62.3 Å². The van der Waals surface area contributed by atoms with E-state index in [1.807, 2.05) is 17.1 Å². The predicted octanol–water partition coefficient (Wildman–Crippen LogP) is 3.45. The molecule has 31 heavy (non-hydrogen) atoms. The van der Waals surface area contributed by atoms with Crippen LogP contribution in [0.2, 0.25) is 0 Å². The second-order valence-corrected chi connectivity index (χ2v) is 9.73. The lowest BCUT2D eigenvalue weighted by molar-refractivity contribution is -0.128. The first-order valence-corrected chi connectivity index (χ1v) is 12.5. The number of carbonyl (C=O) groups is 1. The standard InChI is InChI=1S/C22H26N6O2S/c1-31-21-15-12-24-28(13-7-10-23-11-13)20(15)25-19(26-21)17-14-5-4-9-22(18(14)30-27-17)8-3-2-6-16(22)29/h12-13,23H,2-11H2,1H3/t13-,22+/m0/s1. The fourth-order valence-corrected chi connectivity index (χ4v) is 6.19. The minimum atomic E-state index is -0.485. The number of thioether (sulfide) groups is 1. The van der Waals surface area contributed by atoms with E-state index in [0.717, 1.165) is 85.4 Å². The number of hydrogen-bond acceptors (Lipinski definition) is 8. The van der Waals surface area contributed by atoms with Crippen molar-refractivity contribution in [2.24, 2.45) is 0 Å². The summed E-state index contributed by atoms with van der Waals surface area (Å²) in [6.45, 7) is 1.89. The van der Waals surface area contributed by atoms with Crippen LogP contribution in [0.4, 0.5) is 0 Å². The summed E-state index contributed by atoms with van der Waals surface area (Å²) in [6, 6.07) is 0.296. The molecule has 0 aromatic carbocycles. The zero-order chi connectivity index (χ0) is 21.0. The summed E-state index contributed by atoms with van der Waals surface area (Å²) < 4.78 is 7.94. The average molecular weight is 439 g/mol. The van der Waals surface area contributed by atoms with E-state index in [4.69, 9.17) is 14.5 Å². The van der Waals surface area contributed by atoms with E-state index in [2.05, 4.69) is 15.6 Å².